The third kappa shape index (κ3) is 4.24. The standard InChI is InChI=1S/C13H17Cl3O/c1-4-17-13-7-11(15)9(6-12(13)16)10(14)5-8(2)3/h6-8,10H,4-5H2,1-3H3. The van der Waals surface area contributed by atoms with E-state index in [1.807, 2.05) is 6.92 Å². The molecule has 0 heterocycles. The van der Waals surface area contributed by atoms with Crippen molar-refractivity contribution in [1.29, 1.82) is 0 Å². The van der Waals surface area contributed by atoms with Gasteiger partial charge in [0.25, 0.3) is 0 Å². The van der Waals surface area contributed by atoms with E-state index in [0.717, 1.165) is 12.0 Å². The second-order valence-electron chi connectivity index (χ2n) is 4.33. The van der Waals surface area contributed by atoms with Crippen LogP contribution in [-0.4, -0.2) is 6.61 Å². The zero-order valence-electron chi connectivity index (χ0n) is 10.3. The van der Waals surface area contributed by atoms with E-state index in [2.05, 4.69) is 13.8 Å². The van der Waals surface area contributed by atoms with Gasteiger partial charge in [-0.1, -0.05) is 37.0 Å². The third-order valence-electron chi connectivity index (χ3n) is 2.37. The van der Waals surface area contributed by atoms with Crippen molar-refractivity contribution in [3.05, 3.63) is 27.7 Å². The molecule has 0 saturated carbocycles. The van der Waals surface area contributed by atoms with Gasteiger partial charge in [-0.15, -0.1) is 11.6 Å². The summed E-state index contributed by atoms with van der Waals surface area (Å²) in [4.78, 5) is 0. The average molecular weight is 296 g/mol. The second-order valence-corrected chi connectivity index (χ2v) is 5.68. The molecule has 17 heavy (non-hydrogen) atoms. The molecule has 0 fully saturated rings. The van der Waals surface area contributed by atoms with E-state index in [1.165, 1.54) is 0 Å². The fourth-order valence-corrected chi connectivity index (χ4v) is 2.70. The molecule has 1 unspecified atom stereocenters. The predicted octanol–water partition coefficient (Wildman–Crippen LogP) is 5.72. The van der Waals surface area contributed by atoms with Crippen LogP contribution in [0.4, 0.5) is 0 Å². The van der Waals surface area contributed by atoms with Gasteiger partial charge in [-0.2, -0.15) is 0 Å². The number of hydrogen-bond acceptors (Lipinski definition) is 1. The zero-order chi connectivity index (χ0) is 13.0. The van der Waals surface area contributed by atoms with Gasteiger partial charge in [0.05, 0.1) is 17.0 Å². The molecule has 1 rings (SSSR count). The predicted molar refractivity (Wildman–Crippen MR) is 75.7 cm³/mol. The van der Waals surface area contributed by atoms with Crippen LogP contribution in [0.15, 0.2) is 12.1 Å². The van der Waals surface area contributed by atoms with E-state index < -0.39 is 0 Å². The van der Waals surface area contributed by atoms with Gasteiger partial charge in [-0.05, 0) is 30.9 Å². The van der Waals surface area contributed by atoms with Crippen molar-refractivity contribution in [3.8, 4) is 5.75 Å². The molecule has 0 saturated heterocycles. The lowest BCUT2D eigenvalue weighted by Gasteiger charge is -2.16. The Morgan fingerprint density at radius 3 is 2.35 bits per heavy atom. The van der Waals surface area contributed by atoms with E-state index in [1.54, 1.807) is 12.1 Å². The maximum absolute atomic E-state index is 6.32. The van der Waals surface area contributed by atoms with Gasteiger partial charge >= 0.3 is 0 Å². The summed E-state index contributed by atoms with van der Waals surface area (Å²) < 4.78 is 5.37. The Hall–Kier alpha value is -0.110. The van der Waals surface area contributed by atoms with E-state index in [4.69, 9.17) is 39.5 Å². The van der Waals surface area contributed by atoms with Crippen LogP contribution in [0.3, 0.4) is 0 Å². The lowest BCUT2D eigenvalue weighted by atomic mass is 10.0. The highest BCUT2D eigenvalue weighted by Crippen LogP contribution is 2.38. The third-order valence-corrected chi connectivity index (χ3v) is 3.40. The number of halogens is 3. The summed E-state index contributed by atoms with van der Waals surface area (Å²) in [5.41, 5.74) is 0.871. The van der Waals surface area contributed by atoms with Crippen LogP contribution in [-0.2, 0) is 0 Å². The van der Waals surface area contributed by atoms with Crippen molar-refractivity contribution in [2.75, 3.05) is 6.61 Å². The van der Waals surface area contributed by atoms with E-state index >= 15 is 0 Å². The summed E-state index contributed by atoms with van der Waals surface area (Å²) in [6, 6.07) is 3.54. The van der Waals surface area contributed by atoms with Gasteiger partial charge in [0, 0.05) is 11.1 Å². The lowest BCUT2D eigenvalue weighted by Crippen LogP contribution is -1.99. The van der Waals surface area contributed by atoms with Gasteiger partial charge in [-0.25, -0.2) is 0 Å². The highest BCUT2D eigenvalue weighted by atomic mass is 35.5. The van der Waals surface area contributed by atoms with Crippen LogP contribution < -0.4 is 4.74 Å². The number of rotatable bonds is 5. The first-order valence-electron chi connectivity index (χ1n) is 5.71. The number of hydrogen-bond donors (Lipinski definition) is 0. The van der Waals surface area contributed by atoms with Gasteiger partial charge in [0.2, 0.25) is 0 Å². The van der Waals surface area contributed by atoms with Crippen molar-refractivity contribution >= 4 is 34.8 Å². The van der Waals surface area contributed by atoms with Crippen molar-refractivity contribution in [1.82, 2.24) is 0 Å². The van der Waals surface area contributed by atoms with Gasteiger partial charge in [-0.3, -0.25) is 0 Å². The highest BCUT2D eigenvalue weighted by Gasteiger charge is 2.16. The van der Waals surface area contributed by atoms with Crippen LogP contribution in [0.25, 0.3) is 0 Å². The first-order chi connectivity index (χ1) is 7.95. The number of ether oxygens (including phenoxy) is 1. The van der Waals surface area contributed by atoms with Crippen LogP contribution >= 0.6 is 34.8 Å². The smallest absolute Gasteiger partial charge is 0.139 e. The van der Waals surface area contributed by atoms with Gasteiger partial charge < -0.3 is 4.74 Å². The Labute approximate surface area is 118 Å². The molecule has 0 aliphatic rings. The zero-order valence-corrected chi connectivity index (χ0v) is 12.5. The van der Waals surface area contributed by atoms with Crippen LogP contribution in [0.1, 0.15) is 38.1 Å². The molecule has 0 aliphatic carbocycles. The Balaban J connectivity index is 2.98. The van der Waals surface area contributed by atoms with Gasteiger partial charge in [0.15, 0.2) is 0 Å². The topological polar surface area (TPSA) is 9.23 Å². The molecule has 0 spiro atoms. The molecule has 1 atom stereocenters. The summed E-state index contributed by atoms with van der Waals surface area (Å²) in [5.74, 6) is 1.12. The maximum atomic E-state index is 6.32. The monoisotopic (exact) mass is 294 g/mol. The van der Waals surface area contributed by atoms with E-state index in [-0.39, 0.29) is 5.38 Å². The molecule has 0 aliphatic heterocycles. The molecule has 0 amide bonds. The van der Waals surface area contributed by atoms with Crippen molar-refractivity contribution < 1.29 is 4.74 Å². The highest BCUT2D eigenvalue weighted by molar-refractivity contribution is 6.35. The maximum Gasteiger partial charge on any atom is 0.139 e. The molecular weight excluding hydrogens is 279 g/mol. The van der Waals surface area contributed by atoms with E-state index in [9.17, 15) is 0 Å². The average Bonchev–Trinajstić information content (AvgIpc) is 2.22. The summed E-state index contributed by atoms with van der Waals surface area (Å²) in [7, 11) is 0. The normalized spacial score (nSPS) is 12.9. The summed E-state index contributed by atoms with van der Waals surface area (Å²) in [6.07, 6.45) is 0.867. The second kappa shape index (κ2) is 6.72. The molecule has 1 nitrogen and oxygen atoms in total. The molecule has 4 heteroatoms. The fourth-order valence-electron chi connectivity index (χ4n) is 1.59. The number of benzene rings is 1. The first-order valence-corrected chi connectivity index (χ1v) is 6.90. The SMILES string of the molecule is CCOc1cc(Cl)c(C(Cl)CC(C)C)cc1Cl. The minimum atomic E-state index is -0.115. The Bertz CT molecular complexity index is 377. The molecular formula is C13H17Cl3O. The Morgan fingerprint density at radius 1 is 1.18 bits per heavy atom. The van der Waals surface area contributed by atoms with Crippen molar-refractivity contribution in [2.45, 2.75) is 32.6 Å². The summed E-state index contributed by atoms with van der Waals surface area (Å²) in [6.45, 7) is 6.71. The molecule has 96 valence electrons. The fraction of sp³-hybridized carbons (Fsp3) is 0.538. The van der Waals surface area contributed by atoms with E-state index in [0.29, 0.717) is 28.3 Å². The van der Waals surface area contributed by atoms with Gasteiger partial charge in [0.1, 0.15) is 5.75 Å². The first kappa shape index (κ1) is 14.9. The quantitative estimate of drug-likeness (QED) is 0.631. The minimum Gasteiger partial charge on any atom is -0.492 e. The number of alkyl halides is 1. The molecule has 1 aromatic rings. The largest absolute Gasteiger partial charge is 0.492 e. The summed E-state index contributed by atoms with van der Waals surface area (Å²) in [5, 5.41) is 1.05. The molecule has 0 aromatic heterocycles. The molecule has 0 radical (unpaired) electrons. The molecule has 0 bridgehead atoms. The van der Waals surface area contributed by atoms with Crippen LogP contribution in [0.2, 0.25) is 10.0 Å². The van der Waals surface area contributed by atoms with Crippen LogP contribution in [0, 0.1) is 5.92 Å². The Kier molecular flexibility index (Phi) is 5.91. The molecule has 0 N–H and O–H groups in total. The van der Waals surface area contributed by atoms with Crippen molar-refractivity contribution in [2.24, 2.45) is 5.92 Å². The van der Waals surface area contributed by atoms with Crippen LogP contribution in [0.5, 0.6) is 5.75 Å². The Morgan fingerprint density at radius 2 is 1.82 bits per heavy atom. The summed E-state index contributed by atoms with van der Waals surface area (Å²) >= 11 is 18.6. The minimum absolute atomic E-state index is 0.115. The molecule has 1 aromatic carbocycles. The van der Waals surface area contributed by atoms with Crippen molar-refractivity contribution in [3.63, 3.8) is 0 Å². The lowest BCUT2D eigenvalue weighted by molar-refractivity contribution is 0.340.